The minimum absolute atomic E-state index is 0.0237. The fourth-order valence-electron chi connectivity index (χ4n) is 6.12. The van der Waals surface area contributed by atoms with E-state index in [0.717, 1.165) is 12.8 Å². The fraction of sp³-hybridized carbons (Fsp3) is 0.870. The molecule has 0 radical (unpaired) electrons. The lowest BCUT2D eigenvalue weighted by Crippen LogP contribution is -2.61. The van der Waals surface area contributed by atoms with Gasteiger partial charge in [0.25, 0.3) is 0 Å². The summed E-state index contributed by atoms with van der Waals surface area (Å²) in [7, 11) is 0. The highest BCUT2D eigenvalue weighted by Crippen LogP contribution is 2.56. The van der Waals surface area contributed by atoms with Crippen molar-refractivity contribution in [2.45, 2.75) is 95.8 Å². The Kier molecular flexibility index (Phi) is 6.74. The van der Waals surface area contributed by atoms with Crippen LogP contribution in [0.25, 0.3) is 0 Å². The summed E-state index contributed by atoms with van der Waals surface area (Å²) in [6, 6.07) is 0.394. The van der Waals surface area contributed by atoms with Crippen molar-refractivity contribution in [3.63, 3.8) is 0 Å². The van der Waals surface area contributed by atoms with Crippen molar-refractivity contribution in [3.05, 3.63) is 0 Å². The van der Waals surface area contributed by atoms with Gasteiger partial charge in [0, 0.05) is 24.8 Å². The number of nitrogens with zero attached hydrogens (tertiary/aromatic N) is 3. The molecule has 0 aromatic carbocycles. The maximum absolute atomic E-state index is 13.8. The zero-order chi connectivity index (χ0) is 23.9. The first kappa shape index (κ1) is 24.7. The Hall–Kier alpha value is -1.98. The fourth-order valence-corrected chi connectivity index (χ4v) is 6.12. The number of primary amides is 1. The van der Waals surface area contributed by atoms with E-state index in [-0.39, 0.29) is 44.2 Å². The van der Waals surface area contributed by atoms with Crippen LogP contribution >= 0.6 is 0 Å². The number of alkyl halides is 3. The Bertz CT molecular complexity index is 774. The third-order valence-electron chi connectivity index (χ3n) is 8.72. The molecule has 3 fully saturated rings. The van der Waals surface area contributed by atoms with E-state index in [1.54, 1.807) is 0 Å². The Morgan fingerprint density at radius 3 is 2.34 bits per heavy atom. The zero-order valence-corrected chi connectivity index (χ0v) is 19.2. The lowest BCUT2D eigenvalue weighted by atomic mass is 9.67. The lowest BCUT2D eigenvalue weighted by molar-refractivity contribution is -0.134. The minimum atomic E-state index is -2.56. The third kappa shape index (κ3) is 4.55. The maximum atomic E-state index is 13.8. The van der Waals surface area contributed by atoms with Gasteiger partial charge >= 0.3 is 6.03 Å². The number of carbonyl (C=O) groups is 2. The molecule has 0 unspecified atom stereocenters. The van der Waals surface area contributed by atoms with Crippen LogP contribution in [0, 0.1) is 28.6 Å². The summed E-state index contributed by atoms with van der Waals surface area (Å²) >= 11 is 0. The van der Waals surface area contributed by atoms with Crippen molar-refractivity contribution in [3.8, 4) is 6.07 Å². The summed E-state index contributed by atoms with van der Waals surface area (Å²) in [6.07, 6.45) is 1.84. The minimum Gasteiger partial charge on any atom is -0.351 e. The zero-order valence-electron chi connectivity index (χ0n) is 19.2. The standard InChI is InChI=1S/C23H35F3N4O2/c1-21(2)16(10-15-4-8-23(25,26)9-5-15)6-7-22(21,3)30(20(28)32)14-19(31)29-13-17(24)11-18(29)12-27/h15-18H,4-11,13-14H2,1-3H3,(H2,28,32)/t16-,17-,18-,22+/m0/s1. The molecule has 1 aliphatic heterocycles. The van der Waals surface area contributed by atoms with Crippen molar-refractivity contribution < 1.29 is 22.8 Å². The Morgan fingerprint density at radius 2 is 1.78 bits per heavy atom. The van der Waals surface area contributed by atoms with Gasteiger partial charge in [0.15, 0.2) is 0 Å². The molecule has 180 valence electrons. The average Bonchev–Trinajstić information content (AvgIpc) is 3.19. The molecule has 1 saturated heterocycles. The molecular weight excluding hydrogens is 421 g/mol. The highest BCUT2D eigenvalue weighted by molar-refractivity contribution is 5.84. The van der Waals surface area contributed by atoms with Crippen LogP contribution in [0.15, 0.2) is 0 Å². The molecule has 3 aliphatic rings. The molecule has 0 spiro atoms. The van der Waals surface area contributed by atoms with Crippen molar-refractivity contribution in [1.29, 1.82) is 5.26 Å². The van der Waals surface area contributed by atoms with E-state index < -0.39 is 41.0 Å². The van der Waals surface area contributed by atoms with Gasteiger partial charge < -0.3 is 15.5 Å². The van der Waals surface area contributed by atoms with Crippen LogP contribution in [0.3, 0.4) is 0 Å². The Balaban J connectivity index is 1.72. The molecule has 0 aromatic rings. The predicted octanol–water partition coefficient (Wildman–Crippen LogP) is 4.24. The summed E-state index contributed by atoms with van der Waals surface area (Å²) < 4.78 is 40.9. The number of likely N-dealkylation sites (tertiary alicyclic amines) is 1. The van der Waals surface area contributed by atoms with Gasteiger partial charge in [-0.05, 0) is 56.3 Å². The topological polar surface area (TPSA) is 90.4 Å². The smallest absolute Gasteiger partial charge is 0.315 e. The van der Waals surface area contributed by atoms with E-state index >= 15 is 0 Å². The number of nitriles is 1. The van der Waals surface area contributed by atoms with Gasteiger partial charge in [0.05, 0.1) is 12.6 Å². The predicted molar refractivity (Wildman–Crippen MR) is 113 cm³/mol. The summed E-state index contributed by atoms with van der Waals surface area (Å²) in [5.41, 5.74) is 4.61. The van der Waals surface area contributed by atoms with Crippen LogP contribution in [0.2, 0.25) is 0 Å². The molecular formula is C23H35F3N4O2. The molecule has 2 aliphatic carbocycles. The largest absolute Gasteiger partial charge is 0.351 e. The van der Waals surface area contributed by atoms with Gasteiger partial charge in [-0.3, -0.25) is 4.79 Å². The van der Waals surface area contributed by atoms with Crippen molar-refractivity contribution in [2.75, 3.05) is 13.1 Å². The number of urea groups is 1. The van der Waals surface area contributed by atoms with Gasteiger partial charge in [0.2, 0.25) is 11.8 Å². The maximum Gasteiger partial charge on any atom is 0.315 e. The number of halogens is 3. The van der Waals surface area contributed by atoms with Crippen molar-refractivity contribution in [1.82, 2.24) is 9.80 Å². The molecule has 32 heavy (non-hydrogen) atoms. The molecule has 1 heterocycles. The van der Waals surface area contributed by atoms with Crippen molar-refractivity contribution in [2.24, 2.45) is 23.0 Å². The molecule has 2 N–H and O–H groups in total. The second-order valence-corrected chi connectivity index (χ2v) is 10.7. The van der Waals surface area contributed by atoms with Gasteiger partial charge in [-0.25, -0.2) is 18.0 Å². The molecule has 0 bridgehead atoms. The highest BCUT2D eigenvalue weighted by Gasteiger charge is 2.56. The van der Waals surface area contributed by atoms with E-state index in [1.165, 1.54) is 9.80 Å². The Labute approximate surface area is 188 Å². The molecule has 3 rings (SSSR count). The average molecular weight is 457 g/mol. The normalized spacial score (nSPS) is 34.3. The van der Waals surface area contributed by atoms with Gasteiger partial charge in [0.1, 0.15) is 18.8 Å². The van der Waals surface area contributed by atoms with Crippen LogP contribution in [0.4, 0.5) is 18.0 Å². The van der Waals surface area contributed by atoms with Gasteiger partial charge in [-0.2, -0.15) is 5.26 Å². The number of hydrogen-bond donors (Lipinski definition) is 1. The van der Waals surface area contributed by atoms with Crippen LogP contribution in [0.5, 0.6) is 0 Å². The van der Waals surface area contributed by atoms with E-state index in [2.05, 4.69) is 0 Å². The molecule has 2 saturated carbocycles. The van der Waals surface area contributed by atoms with Gasteiger partial charge in [-0.1, -0.05) is 13.8 Å². The van der Waals surface area contributed by atoms with E-state index in [9.17, 15) is 28.0 Å². The molecule has 9 heteroatoms. The Morgan fingerprint density at radius 1 is 1.16 bits per heavy atom. The first-order chi connectivity index (χ1) is 14.8. The van der Waals surface area contributed by atoms with E-state index in [1.807, 2.05) is 26.8 Å². The molecule has 3 amide bonds. The quantitative estimate of drug-likeness (QED) is 0.671. The first-order valence-electron chi connectivity index (χ1n) is 11.6. The monoisotopic (exact) mass is 456 g/mol. The number of carbonyl (C=O) groups excluding carboxylic acids is 2. The van der Waals surface area contributed by atoms with Gasteiger partial charge in [-0.15, -0.1) is 0 Å². The van der Waals surface area contributed by atoms with Crippen LogP contribution in [-0.2, 0) is 4.79 Å². The van der Waals surface area contributed by atoms with E-state index in [4.69, 9.17) is 5.73 Å². The third-order valence-corrected chi connectivity index (χ3v) is 8.72. The van der Waals surface area contributed by atoms with Crippen LogP contribution in [0.1, 0.15) is 72.1 Å². The summed E-state index contributed by atoms with van der Waals surface area (Å²) in [6.45, 7) is 5.56. The number of nitrogens with two attached hydrogens (primary N) is 1. The number of amides is 3. The number of rotatable bonds is 5. The molecule has 6 nitrogen and oxygen atoms in total. The van der Waals surface area contributed by atoms with Crippen LogP contribution in [-0.4, -0.2) is 58.5 Å². The van der Waals surface area contributed by atoms with Crippen molar-refractivity contribution >= 4 is 11.9 Å². The summed E-state index contributed by atoms with van der Waals surface area (Å²) in [4.78, 5) is 28.0. The van der Waals surface area contributed by atoms with E-state index in [0.29, 0.717) is 19.3 Å². The number of hydrogen-bond acceptors (Lipinski definition) is 3. The molecule has 4 atom stereocenters. The van der Waals surface area contributed by atoms with Crippen LogP contribution < -0.4 is 5.73 Å². The summed E-state index contributed by atoms with van der Waals surface area (Å²) in [5.74, 6) is -2.61. The molecule has 0 aromatic heterocycles. The second-order valence-electron chi connectivity index (χ2n) is 10.7. The lowest BCUT2D eigenvalue weighted by Gasteiger charge is -2.49. The SMILES string of the molecule is CC1(C)[C@H](CC2CCC(F)(F)CC2)CC[C@@]1(C)N(CC(=O)N1C[C@@H](F)C[C@H]1C#N)C(N)=O. The first-order valence-corrected chi connectivity index (χ1v) is 11.6. The second kappa shape index (κ2) is 8.75. The summed E-state index contributed by atoms with van der Waals surface area (Å²) in [5, 5.41) is 9.25. The highest BCUT2D eigenvalue weighted by atomic mass is 19.3.